The first-order valence-corrected chi connectivity index (χ1v) is 14.6. The van der Waals surface area contributed by atoms with E-state index in [4.69, 9.17) is 9.98 Å². The van der Waals surface area contributed by atoms with Crippen LogP contribution in [0.25, 0.3) is 11.1 Å². The number of aryl methyl sites for hydroxylation is 4. The Labute approximate surface area is 249 Å². The highest BCUT2D eigenvalue weighted by Gasteiger charge is 2.31. The van der Waals surface area contributed by atoms with Crippen LogP contribution in [0.15, 0.2) is 116 Å². The van der Waals surface area contributed by atoms with Gasteiger partial charge in [0.25, 0.3) is 0 Å². The number of aliphatic imine (C=N–C) groups is 2. The number of nitrogens with zero attached hydrogens (tertiary/aromatic N) is 2. The number of aromatic amines is 2. The van der Waals surface area contributed by atoms with Crippen LogP contribution in [-0.2, 0) is 0 Å². The van der Waals surface area contributed by atoms with Gasteiger partial charge in [-0.1, -0.05) is 60.7 Å². The van der Waals surface area contributed by atoms with Crippen LogP contribution < -0.4 is 0 Å². The van der Waals surface area contributed by atoms with Gasteiger partial charge in [0.1, 0.15) is 0 Å². The van der Waals surface area contributed by atoms with E-state index < -0.39 is 0 Å². The van der Waals surface area contributed by atoms with Crippen molar-refractivity contribution < 1.29 is 0 Å². The molecule has 0 saturated carbocycles. The van der Waals surface area contributed by atoms with Crippen molar-refractivity contribution in [1.29, 1.82) is 0 Å². The summed E-state index contributed by atoms with van der Waals surface area (Å²) in [7, 11) is 0. The van der Waals surface area contributed by atoms with Gasteiger partial charge in [0, 0.05) is 22.5 Å². The summed E-state index contributed by atoms with van der Waals surface area (Å²) in [5.41, 5.74) is 20.1. The molecular formula is C38H38N4. The zero-order chi connectivity index (χ0) is 29.7. The lowest BCUT2D eigenvalue weighted by atomic mass is 9.93. The minimum Gasteiger partial charge on any atom is -0.358 e. The number of allylic oxidation sites excluding steroid dienone is 4. The molecule has 2 aromatic heterocycles. The van der Waals surface area contributed by atoms with Crippen molar-refractivity contribution in [3.05, 3.63) is 152 Å². The van der Waals surface area contributed by atoms with Gasteiger partial charge < -0.3 is 9.97 Å². The van der Waals surface area contributed by atoms with E-state index in [-0.39, 0.29) is 0 Å². The first-order chi connectivity index (χ1) is 20.2. The van der Waals surface area contributed by atoms with E-state index in [0.717, 1.165) is 67.9 Å². The van der Waals surface area contributed by atoms with Crippen LogP contribution in [0.2, 0.25) is 0 Å². The molecule has 0 aliphatic carbocycles. The summed E-state index contributed by atoms with van der Waals surface area (Å²) in [4.78, 5) is 18.0. The molecule has 210 valence electrons. The smallest absolute Gasteiger partial charge is 0.0929 e. The Morgan fingerprint density at radius 1 is 0.476 bits per heavy atom. The van der Waals surface area contributed by atoms with Gasteiger partial charge in [-0.3, -0.25) is 0 Å². The topological polar surface area (TPSA) is 56.3 Å². The number of hydrogen-bond donors (Lipinski definition) is 2. The number of nitrogens with one attached hydrogen (secondary N) is 2. The standard InChI is InChI=1S/C38H38N4/c1-21-19-23(3)39-33(21)31(29-15-11-9-12-16-29)35-25(5)27(7)37(41-35)38-28(8)26(6)36(42-38)32(30-17-13-10-14-18-30)34-22(2)20-24(4)40-34/h9-20,39-40H,1-8H3/b35-31-,36-32+. The van der Waals surface area contributed by atoms with Gasteiger partial charge in [0.2, 0.25) is 0 Å². The number of rotatable bonds is 5. The molecule has 0 spiro atoms. The fourth-order valence-electron chi connectivity index (χ4n) is 6.20. The second-order valence-corrected chi connectivity index (χ2v) is 11.6. The van der Waals surface area contributed by atoms with Gasteiger partial charge in [-0.25, -0.2) is 9.98 Å². The first-order valence-electron chi connectivity index (χ1n) is 14.6. The minimum atomic E-state index is 0.954. The Morgan fingerprint density at radius 2 is 0.833 bits per heavy atom. The van der Waals surface area contributed by atoms with Crippen molar-refractivity contribution in [2.75, 3.05) is 0 Å². The van der Waals surface area contributed by atoms with Crippen molar-refractivity contribution in [2.24, 2.45) is 9.98 Å². The summed E-state index contributed by atoms with van der Waals surface area (Å²) in [6.07, 6.45) is 0. The molecule has 2 aromatic carbocycles. The molecule has 42 heavy (non-hydrogen) atoms. The highest BCUT2D eigenvalue weighted by atomic mass is 14.9. The van der Waals surface area contributed by atoms with Crippen LogP contribution in [0.4, 0.5) is 0 Å². The van der Waals surface area contributed by atoms with Gasteiger partial charge in [-0.2, -0.15) is 0 Å². The molecule has 0 bridgehead atoms. The Balaban J connectivity index is 1.60. The van der Waals surface area contributed by atoms with Gasteiger partial charge in [-0.15, -0.1) is 0 Å². The SMILES string of the molecule is CC1=C(C)/C(=C(\c2ccccc2)c2[nH]c(C)cc2C)N=C1C1=N/C(=C(\c2ccccc2)c2[nH]c(C)cc2C)C(C)=C1C. The van der Waals surface area contributed by atoms with E-state index in [0.29, 0.717) is 0 Å². The number of hydrogen-bond acceptors (Lipinski definition) is 2. The molecule has 6 rings (SSSR count). The zero-order valence-electron chi connectivity index (χ0n) is 25.8. The molecule has 0 radical (unpaired) electrons. The third kappa shape index (κ3) is 4.57. The fourth-order valence-corrected chi connectivity index (χ4v) is 6.20. The first kappa shape index (κ1) is 27.5. The summed E-state index contributed by atoms with van der Waals surface area (Å²) in [5, 5.41) is 0. The Morgan fingerprint density at radius 3 is 1.14 bits per heavy atom. The molecule has 0 unspecified atom stereocenters. The second-order valence-electron chi connectivity index (χ2n) is 11.6. The van der Waals surface area contributed by atoms with Gasteiger partial charge in [-0.05, 0) is 112 Å². The number of benzene rings is 2. The van der Waals surface area contributed by atoms with Crippen molar-refractivity contribution >= 4 is 22.6 Å². The quantitative estimate of drug-likeness (QED) is 0.249. The largest absolute Gasteiger partial charge is 0.358 e. The van der Waals surface area contributed by atoms with E-state index in [1.54, 1.807) is 0 Å². The van der Waals surface area contributed by atoms with Gasteiger partial charge in [0.15, 0.2) is 0 Å². The van der Waals surface area contributed by atoms with Gasteiger partial charge in [0.05, 0.1) is 34.2 Å². The van der Waals surface area contributed by atoms with Crippen LogP contribution >= 0.6 is 0 Å². The van der Waals surface area contributed by atoms with Crippen LogP contribution in [0.3, 0.4) is 0 Å². The summed E-state index contributed by atoms with van der Waals surface area (Å²) in [5.74, 6) is 0. The minimum absolute atomic E-state index is 0.954. The average molecular weight is 551 g/mol. The second kappa shape index (κ2) is 10.6. The number of aromatic nitrogens is 2. The van der Waals surface area contributed by atoms with Crippen LogP contribution in [0.1, 0.15) is 72.7 Å². The Kier molecular flexibility index (Phi) is 6.94. The molecule has 0 fully saturated rings. The Bertz CT molecular complexity index is 1770. The summed E-state index contributed by atoms with van der Waals surface area (Å²) in [6, 6.07) is 25.6. The van der Waals surface area contributed by atoms with E-state index in [1.165, 1.54) is 33.4 Å². The molecular weight excluding hydrogens is 512 g/mol. The predicted octanol–water partition coefficient (Wildman–Crippen LogP) is 9.38. The Hall–Kier alpha value is -4.70. The van der Waals surface area contributed by atoms with Crippen LogP contribution in [-0.4, -0.2) is 21.4 Å². The molecule has 0 saturated heterocycles. The van der Waals surface area contributed by atoms with Crippen molar-refractivity contribution in [1.82, 2.24) is 9.97 Å². The molecule has 0 amide bonds. The summed E-state index contributed by atoms with van der Waals surface area (Å²) < 4.78 is 0. The lowest BCUT2D eigenvalue weighted by molar-refractivity contribution is 1.21. The molecule has 4 aromatic rings. The highest BCUT2D eigenvalue weighted by Crippen LogP contribution is 2.41. The van der Waals surface area contributed by atoms with E-state index in [9.17, 15) is 0 Å². The third-order valence-electron chi connectivity index (χ3n) is 8.61. The maximum absolute atomic E-state index is 5.39. The molecule has 0 atom stereocenters. The zero-order valence-corrected chi connectivity index (χ0v) is 25.8. The van der Waals surface area contributed by atoms with Crippen LogP contribution in [0.5, 0.6) is 0 Å². The number of H-pyrrole nitrogens is 2. The maximum atomic E-state index is 5.39. The lowest BCUT2D eigenvalue weighted by Crippen LogP contribution is -2.13. The van der Waals surface area contributed by atoms with Crippen molar-refractivity contribution in [3.8, 4) is 0 Å². The third-order valence-corrected chi connectivity index (χ3v) is 8.61. The molecule has 4 heteroatoms. The van der Waals surface area contributed by atoms with E-state index >= 15 is 0 Å². The van der Waals surface area contributed by atoms with Crippen LogP contribution in [0, 0.1) is 27.7 Å². The maximum Gasteiger partial charge on any atom is 0.0929 e. The molecule has 2 aliphatic rings. The van der Waals surface area contributed by atoms with Crippen molar-refractivity contribution in [2.45, 2.75) is 55.4 Å². The van der Waals surface area contributed by atoms with E-state index in [1.807, 2.05) is 0 Å². The molecule has 4 nitrogen and oxygen atoms in total. The fraction of sp³-hybridized carbons (Fsp3) is 0.211. The molecule has 2 N–H and O–H groups in total. The average Bonchev–Trinajstić information content (AvgIpc) is 3.67. The summed E-state index contributed by atoms with van der Waals surface area (Å²) in [6.45, 7) is 17.3. The normalized spacial score (nSPS) is 17.7. The van der Waals surface area contributed by atoms with Gasteiger partial charge >= 0.3 is 0 Å². The molecule has 2 aliphatic heterocycles. The monoisotopic (exact) mass is 550 g/mol. The van der Waals surface area contributed by atoms with Crippen molar-refractivity contribution in [3.63, 3.8) is 0 Å². The highest BCUT2D eigenvalue weighted by molar-refractivity contribution is 6.55. The van der Waals surface area contributed by atoms with E-state index in [2.05, 4.69) is 138 Å². The lowest BCUT2D eigenvalue weighted by Gasteiger charge is -2.12. The predicted molar refractivity (Wildman–Crippen MR) is 177 cm³/mol. The molecule has 4 heterocycles. The summed E-state index contributed by atoms with van der Waals surface area (Å²) >= 11 is 0.